The number of hydrogen-bond acceptors (Lipinski definition) is 15. The minimum Gasteiger partial charge on any atom is -0.504 e. The van der Waals surface area contributed by atoms with Crippen molar-refractivity contribution in [3.63, 3.8) is 0 Å². The number of methoxy groups -OCH3 is 1. The fraction of sp³-hybridized carbons (Fsp3) is 0.591. The maximum atomic E-state index is 12.3. The second-order valence-corrected chi connectivity index (χ2v) is 8.41. The highest BCUT2D eigenvalue weighted by atomic mass is 16.7. The molecule has 15 heteroatoms. The van der Waals surface area contributed by atoms with Crippen LogP contribution in [0.25, 0.3) is 6.08 Å². The van der Waals surface area contributed by atoms with Crippen LogP contribution in [0.2, 0.25) is 0 Å². The monoisotopic (exact) mass is 534 g/mol. The normalized spacial score (nSPS) is 36.4. The van der Waals surface area contributed by atoms with Crippen LogP contribution in [-0.2, 0) is 23.7 Å². The van der Waals surface area contributed by atoms with E-state index in [1.807, 2.05) is 0 Å². The van der Waals surface area contributed by atoms with Gasteiger partial charge in [-0.05, 0) is 23.8 Å². The molecule has 2 fully saturated rings. The first-order chi connectivity index (χ1) is 17.5. The summed E-state index contributed by atoms with van der Waals surface area (Å²) in [5.41, 5.74) is 0.246. The average molecular weight is 534 g/mol. The lowest BCUT2D eigenvalue weighted by molar-refractivity contribution is -0.326. The molecule has 0 bridgehead atoms. The third kappa shape index (κ3) is 6.47. The average Bonchev–Trinajstić information content (AvgIpc) is 2.88. The smallest absolute Gasteiger partial charge is 0.333 e. The molecule has 2 heterocycles. The summed E-state index contributed by atoms with van der Waals surface area (Å²) in [7, 11) is 1.26. The number of hydrogen-bond donors (Lipinski definition) is 9. The minimum absolute atomic E-state index is 0.0570. The first-order valence-corrected chi connectivity index (χ1v) is 11.1. The van der Waals surface area contributed by atoms with Crippen LogP contribution in [0.4, 0.5) is 0 Å². The predicted molar refractivity (Wildman–Crippen MR) is 118 cm³/mol. The largest absolute Gasteiger partial charge is 0.504 e. The number of phenols is 2. The Labute approximate surface area is 209 Å². The van der Waals surface area contributed by atoms with E-state index < -0.39 is 92.1 Å². The lowest BCUT2D eigenvalue weighted by atomic mass is 9.98. The van der Waals surface area contributed by atoms with Gasteiger partial charge in [0, 0.05) is 6.08 Å². The van der Waals surface area contributed by atoms with Crippen LogP contribution in [0, 0.1) is 0 Å². The molecular formula is C22H30O15. The quantitative estimate of drug-likeness (QED) is 0.0884. The fourth-order valence-electron chi connectivity index (χ4n) is 3.73. The van der Waals surface area contributed by atoms with E-state index in [2.05, 4.69) is 0 Å². The zero-order valence-electron chi connectivity index (χ0n) is 19.5. The van der Waals surface area contributed by atoms with Gasteiger partial charge in [0.1, 0.15) is 48.8 Å². The Hall–Kier alpha value is -2.57. The van der Waals surface area contributed by atoms with Crippen LogP contribution in [0.15, 0.2) is 18.2 Å². The lowest BCUT2D eigenvalue weighted by Crippen LogP contribution is -2.61. The highest BCUT2D eigenvalue weighted by molar-refractivity contribution is 5.87. The number of aliphatic hydroxyl groups is 7. The third-order valence-corrected chi connectivity index (χ3v) is 5.88. The summed E-state index contributed by atoms with van der Waals surface area (Å²) in [5, 5.41) is 88.9. The summed E-state index contributed by atoms with van der Waals surface area (Å²) in [5.74, 6) is -2.10. The van der Waals surface area contributed by atoms with Crippen LogP contribution in [-0.4, -0.2) is 134 Å². The second-order valence-electron chi connectivity index (χ2n) is 8.41. The van der Waals surface area contributed by atoms with Crippen molar-refractivity contribution in [1.82, 2.24) is 0 Å². The van der Waals surface area contributed by atoms with Crippen LogP contribution in [0.5, 0.6) is 17.2 Å². The van der Waals surface area contributed by atoms with Crippen molar-refractivity contribution >= 4 is 12.0 Å². The van der Waals surface area contributed by atoms with Gasteiger partial charge in [-0.15, -0.1) is 0 Å². The van der Waals surface area contributed by atoms with E-state index in [-0.39, 0.29) is 11.3 Å². The van der Waals surface area contributed by atoms with Crippen molar-refractivity contribution < 1.29 is 74.4 Å². The molecule has 3 rings (SSSR count). The molecule has 1 aromatic rings. The van der Waals surface area contributed by atoms with E-state index in [4.69, 9.17) is 23.7 Å². The van der Waals surface area contributed by atoms with Gasteiger partial charge in [-0.25, -0.2) is 4.79 Å². The predicted octanol–water partition coefficient (Wildman–Crippen LogP) is -3.71. The van der Waals surface area contributed by atoms with Crippen LogP contribution >= 0.6 is 0 Å². The second kappa shape index (κ2) is 12.3. The number of rotatable bonds is 8. The molecule has 0 unspecified atom stereocenters. The molecule has 9 N–H and O–H groups in total. The first kappa shape index (κ1) is 29.0. The molecule has 2 aliphatic heterocycles. The summed E-state index contributed by atoms with van der Waals surface area (Å²) >= 11 is 0. The van der Waals surface area contributed by atoms with E-state index in [0.29, 0.717) is 0 Å². The van der Waals surface area contributed by atoms with Crippen LogP contribution < -0.4 is 4.74 Å². The van der Waals surface area contributed by atoms with Crippen LogP contribution in [0.1, 0.15) is 5.56 Å². The van der Waals surface area contributed by atoms with Crippen molar-refractivity contribution in [3.8, 4) is 17.2 Å². The number of phenolic OH excluding ortho intramolecular Hbond substituents is 2. The number of benzene rings is 1. The Balaban J connectivity index is 1.63. The summed E-state index contributed by atoms with van der Waals surface area (Å²) in [6.45, 7) is -1.29. The van der Waals surface area contributed by atoms with E-state index in [1.54, 1.807) is 0 Å². The Bertz CT molecular complexity index is 952. The van der Waals surface area contributed by atoms with Gasteiger partial charge in [0.15, 0.2) is 17.8 Å². The van der Waals surface area contributed by atoms with E-state index >= 15 is 0 Å². The molecule has 2 saturated heterocycles. The first-order valence-electron chi connectivity index (χ1n) is 11.1. The molecule has 15 nitrogen and oxygen atoms in total. The summed E-state index contributed by atoms with van der Waals surface area (Å²) in [6, 6.07) is 2.46. The molecule has 10 atom stereocenters. The number of aliphatic hydroxyl groups excluding tert-OH is 7. The molecular weight excluding hydrogens is 504 g/mol. The molecule has 0 aromatic heterocycles. The van der Waals surface area contributed by atoms with Crippen molar-refractivity contribution in [3.05, 3.63) is 23.8 Å². The van der Waals surface area contributed by atoms with Gasteiger partial charge >= 0.3 is 5.97 Å². The SMILES string of the molecule is COc1cc(C=CC(=O)O[C@@H]2O[C@H](CO[C@@H]3O[C@H](CO)[C@@H](O)[C@H](O)[C@H]3O)[C@@H](O)[C@H](O)[C@H]2O)cc(O)c1O. The lowest BCUT2D eigenvalue weighted by Gasteiger charge is -2.42. The topological polar surface area (TPSA) is 245 Å². The molecule has 0 aliphatic carbocycles. The Morgan fingerprint density at radius 3 is 2.11 bits per heavy atom. The van der Waals surface area contributed by atoms with Gasteiger partial charge in [-0.2, -0.15) is 0 Å². The van der Waals surface area contributed by atoms with Gasteiger partial charge in [0.25, 0.3) is 0 Å². The van der Waals surface area contributed by atoms with Crippen molar-refractivity contribution in [2.24, 2.45) is 0 Å². The van der Waals surface area contributed by atoms with Gasteiger partial charge in [0.2, 0.25) is 12.0 Å². The van der Waals surface area contributed by atoms with E-state index in [9.17, 15) is 50.8 Å². The molecule has 37 heavy (non-hydrogen) atoms. The Morgan fingerprint density at radius 1 is 0.892 bits per heavy atom. The molecule has 2 aliphatic rings. The summed E-state index contributed by atoms with van der Waals surface area (Å²) in [4.78, 5) is 12.3. The van der Waals surface area contributed by atoms with Crippen LogP contribution in [0.3, 0.4) is 0 Å². The molecule has 1 aromatic carbocycles. The highest BCUT2D eigenvalue weighted by Gasteiger charge is 2.48. The summed E-state index contributed by atoms with van der Waals surface area (Å²) in [6.07, 6.45) is -14.3. The third-order valence-electron chi connectivity index (χ3n) is 5.88. The maximum absolute atomic E-state index is 12.3. The standard InChI is InChI=1S/C22H30O15/c1-33-10-5-8(4-9(24)14(10)26)2-3-13(25)37-22-20(32)18(30)16(28)12(36-22)7-34-21-19(31)17(29)15(27)11(6-23)35-21/h2-5,11-12,15-24,26-32H,6-7H2,1H3/t11-,12-,15-,16-,17+,18+,19-,20-,21-,22+/m1/s1. The van der Waals surface area contributed by atoms with Crippen molar-refractivity contribution in [1.29, 1.82) is 0 Å². The Kier molecular flexibility index (Phi) is 9.65. The Morgan fingerprint density at radius 2 is 1.49 bits per heavy atom. The maximum Gasteiger partial charge on any atom is 0.333 e. The zero-order chi connectivity index (χ0) is 27.4. The molecule has 0 amide bonds. The number of carbonyl (C=O) groups is 1. The van der Waals surface area contributed by atoms with E-state index in [1.165, 1.54) is 19.3 Å². The van der Waals surface area contributed by atoms with Crippen molar-refractivity contribution in [2.45, 2.75) is 61.4 Å². The van der Waals surface area contributed by atoms with Gasteiger partial charge in [-0.1, -0.05) is 0 Å². The minimum atomic E-state index is -1.85. The van der Waals surface area contributed by atoms with Gasteiger partial charge < -0.3 is 69.6 Å². The summed E-state index contributed by atoms with van der Waals surface area (Å²) < 4.78 is 25.7. The zero-order valence-corrected chi connectivity index (χ0v) is 19.5. The number of ether oxygens (including phenoxy) is 5. The van der Waals surface area contributed by atoms with E-state index in [0.717, 1.165) is 12.1 Å². The number of esters is 1. The fourth-order valence-corrected chi connectivity index (χ4v) is 3.73. The molecule has 0 spiro atoms. The van der Waals surface area contributed by atoms with Gasteiger partial charge in [-0.3, -0.25) is 0 Å². The molecule has 0 radical (unpaired) electrons. The number of carbonyl (C=O) groups excluding carboxylic acids is 1. The van der Waals surface area contributed by atoms with Crippen molar-refractivity contribution in [2.75, 3.05) is 20.3 Å². The number of aromatic hydroxyl groups is 2. The highest BCUT2D eigenvalue weighted by Crippen LogP contribution is 2.36. The molecule has 0 saturated carbocycles. The molecule has 208 valence electrons. The van der Waals surface area contributed by atoms with Gasteiger partial charge in [0.05, 0.1) is 20.3 Å².